The Morgan fingerprint density at radius 1 is 1.25 bits per heavy atom. The van der Waals surface area contributed by atoms with Gasteiger partial charge in [-0.25, -0.2) is 22.7 Å². The van der Waals surface area contributed by atoms with E-state index in [1.807, 2.05) is 30.3 Å². The third-order valence-electron chi connectivity index (χ3n) is 3.20. The van der Waals surface area contributed by atoms with Crippen molar-refractivity contribution in [3.05, 3.63) is 59.4 Å². The summed E-state index contributed by atoms with van der Waals surface area (Å²) in [5, 5.41) is 7.89. The minimum atomic E-state index is -4.30. The zero-order valence-corrected chi connectivity index (χ0v) is 13.8. The molecule has 0 fully saturated rings. The Hall–Kier alpha value is -2.45. The molecule has 0 saturated carbocycles. The normalized spacial score (nSPS) is 11.1. The molecule has 6 nitrogen and oxygen atoms in total. The van der Waals surface area contributed by atoms with Crippen LogP contribution < -0.4 is 10.5 Å². The summed E-state index contributed by atoms with van der Waals surface area (Å²) in [5.41, 5.74) is 0.934. The van der Waals surface area contributed by atoms with Crippen LogP contribution in [0.4, 0.5) is 10.1 Å². The zero-order chi connectivity index (χ0) is 17.7. The molecule has 0 aromatic heterocycles. The van der Waals surface area contributed by atoms with E-state index in [4.69, 9.17) is 9.88 Å². The molecule has 0 saturated heterocycles. The molecule has 0 aliphatic heterocycles. The van der Waals surface area contributed by atoms with E-state index >= 15 is 0 Å². The van der Waals surface area contributed by atoms with Gasteiger partial charge in [0.2, 0.25) is 10.0 Å². The molecule has 0 unspecified atom stereocenters. The first-order valence-corrected chi connectivity index (χ1v) is 8.68. The second-order valence-corrected chi connectivity index (χ2v) is 6.46. The first-order chi connectivity index (χ1) is 11.3. The van der Waals surface area contributed by atoms with Gasteiger partial charge >= 0.3 is 5.97 Å². The third-order valence-corrected chi connectivity index (χ3v) is 4.13. The number of carbonyl (C=O) groups excluding carboxylic acids is 1. The smallest absolute Gasteiger partial charge is 0.340 e. The molecule has 0 radical (unpaired) electrons. The summed E-state index contributed by atoms with van der Waals surface area (Å²) in [4.78, 5) is 11.3. The van der Waals surface area contributed by atoms with E-state index in [9.17, 15) is 17.6 Å². The molecule has 0 heterocycles. The molecule has 0 atom stereocenters. The number of hydrogen-bond donors (Lipinski definition) is 2. The number of sulfonamides is 1. The van der Waals surface area contributed by atoms with E-state index in [-0.39, 0.29) is 17.9 Å². The number of nitrogens with one attached hydrogen (secondary N) is 1. The maximum Gasteiger partial charge on any atom is 0.340 e. The van der Waals surface area contributed by atoms with Crippen molar-refractivity contribution < 1.29 is 22.3 Å². The van der Waals surface area contributed by atoms with Crippen LogP contribution in [0.1, 0.15) is 22.8 Å². The van der Waals surface area contributed by atoms with Crippen LogP contribution >= 0.6 is 0 Å². The first-order valence-electron chi connectivity index (χ1n) is 7.14. The number of rotatable bonds is 6. The minimum absolute atomic E-state index is 0.0963. The average Bonchev–Trinajstić information content (AvgIpc) is 2.53. The van der Waals surface area contributed by atoms with Crippen LogP contribution in [0.5, 0.6) is 0 Å². The fourth-order valence-corrected chi connectivity index (χ4v) is 2.70. The maximum atomic E-state index is 14.0. The highest BCUT2D eigenvalue weighted by Crippen LogP contribution is 2.25. The molecule has 2 aromatic carbocycles. The molecular weight excluding hydrogens is 335 g/mol. The summed E-state index contributed by atoms with van der Waals surface area (Å²) < 4.78 is 41.8. The second-order valence-electron chi connectivity index (χ2n) is 4.93. The van der Waals surface area contributed by atoms with Gasteiger partial charge < -0.3 is 10.1 Å². The van der Waals surface area contributed by atoms with Crippen molar-refractivity contribution in [2.75, 3.05) is 11.9 Å². The molecule has 8 heteroatoms. The molecule has 0 aliphatic carbocycles. The van der Waals surface area contributed by atoms with E-state index in [2.05, 4.69) is 5.32 Å². The number of esters is 1. The van der Waals surface area contributed by atoms with Crippen LogP contribution in [0.15, 0.2) is 47.4 Å². The maximum absolute atomic E-state index is 14.0. The van der Waals surface area contributed by atoms with E-state index in [1.54, 1.807) is 6.92 Å². The summed E-state index contributed by atoms with van der Waals surface area (Å²) in [6, 6.07) is 11.1. The van der Waals surface area contributed by atoms with Gasteiger partial charge in [0.1, 0.15) is 10.7 Å². The topological polar surface area (TPSA) is 98.5 Å². The molecule has 2 aromatic rings. The number of carbonyl (C=O) groups is 1. The molecule has 0 spiro atoms. The van der Waals surface area contributed by atoms with E-state index in [0.29, 0.717) is 6.54 Å². The lowest BCUT2D eigenvalue weighted by molar-refractivity contribution is 0.0527. The molecule has 0 amide bonds. The van der Waals surface area contributed by atoms with Crippen LogP contribution in [0.2, 0.25) is 0 Å². The Balaban J connectivity index is 2.41. The molecule has 24 heavy (non-hydrogen) atoms. The molecular formula is C16H17FN2O4S. The monoisotopic (exact) mass is 352 g/mol. The van der Waals surface area contributed by atoms with E-state index in [0.717, 1.165) is 17.7 Å². The van der Waals surface area contributed by atoms with Crippen molar-refractivity contribution >= 4 is 21.7 Å². The van der Waals surface area contributed by atoms with E-state index in [1.165, 1.54) is 0 Å². The number of nitrogens with two attached hydrogens (primary N) is 1. The SMILES string of the molecule is CCOC(=O)c1cc(S(N)(=O)=O)c(F)cc1NCc1ccccc1. The van der Waals surface area contributed by atoms with Crippen LogP contribution in [0.3, 0.4) is 0 Å². The van der Waals surface area contributed by atoms with E-state index < -0.39 is 26.7 Å². The second kappa shape index (κ2) is 7.41. The van der Waals surface area contributed by atoms with Gasteiger partial charge in [0.15, 0.2) is 0 Å². The Bertz CT molecular complexity index is 839. The standard InChI is InChI=1S/C16H17FN2O4S/c1-2-23-16(20)12-8-15(24(18,21)22)13(17)9-14(12)19-10-11-6-4-3-5-7-11/h3-9,19H,2,10H2,1H3,(H2,18,21,22). The summed E-state index contributed by atoms with van der Waals surface area (Å²) in [6.07, 6.45) is 0. The first kappa shape index (κ1) is 17.9. The predicted molar refractivity (Wildman–Crippen MR) is 87.5 cm³/mol. The van der Waals surface area contributed by atoms with Gasteiger partial charge in [0, 0.05) is 6.54 Å². The van der Waals surface area contributed by atoms with Crippen molar-refractivity contribution in [2.24, 2.45) is 5.14 Å². The summed E-state index contributed by atoms with van der Waals surface area (Å²) in [5.74, 6) is -1.81. The molecule has 128 valence electrons. The van der Waals surface area contributed by atoms with Gasteiger partial charge in [-0.15, -0.1) is 0 Å². The van der Waals surface area contributed by atoms with Crippen molar-refractivity contribution in [1.29, 1.82) is 0 Å². The van der Waals surface area contributed by atoms with Gasteiger partial charge in [0.05, 0.1) is 17.9 Å². The lowest BCUT2D eigenvalue weighted by Crippen LogP contribution is -2.17. The van der Waals surface area contributed by atoms with Crippen molar-refractivity contribution in [3.63, 3.8) is 0 Å². The Morgan fingerprint density at radius 2 is 1.92 bits per heavy atom. The predicted octanol–water partition coefficient (Wildman–Crippen LogP) is 2.26. The van der Waals surface area contributed by atoms with Gasteiger partial charge in [0.25, 0.3) is 0 Å². The number of ether oxygens (including phenoxy) is 1. The van der Waals surface area contributed by atoms with Gasteiger partial charge in [-0.05, 0) is 24.6 Å². The Kier molecular flexibility index (Phi) is 5.53. The van der Waals surface area contributed by atoms with Crippen molar-refractivity contribution in [1.82, 2.24) is 0 Å². The molecule has 0 bridgehead atoms. The highest BCUT2D eigenvalue weighted by atomic mass is 32.2. The number of anilines is 1. The zero-order valence-electron chi connectivity index (χ0n) is 13.0. The number of primary sulfonamides is 1. The number of hydrogen-bond acceptors (Lipinski definition) is 5. The Morgan fingerprint density at radius 3 is 2.50 bits per heavy atom. The lowest BCUT2D eigenvalue weighted by Gasteiger charge is -2.13. The quantitative estimate of drug-likeness (QED) is 0.777. The van der Waals surface area contributed by atoms with Gasteiger partial charge in [-0.1, -0.05) is 30.3 Å². The van der Waals surface area contributed by atoms with Gasteiger partial charge in [-0.3, -0.25) is 0 Å². The average molecular weight is 352 g/mol. The van der Waals surface area contributed by atoms with Gasteiger partial charge in [-0.2, -0.15) is 0 Å². The highest BCUT2D eigenvalue weighted by molar-refractivity contribution is 7.89. The van der Waals surface area contributed by atoms with Crippen molar-refractivity contribution in [3.8, 4) is 0 Å². The minimum Gasteiger partial charge on any atom is -0.462 e. The molecule has 2 rings (SSSR count). The fourth-order valence-electron chi connectivity index (χ4n) is 2.09. The third kappa shape index (κ3) is 4.30. The van der Waals surface area contributed by atoms with Crippen LogP contribution in [-0.2, 0) is 21.3 Å². The molecule has 0 aliphatic rings. The lowest BCUT2D eigenvalue weighted by atomic mass is 10.1. The highest BCUT2D eigenvalue weighted by Gasteiger charge is 2.22. The molecule has 3 N–H and O–H groups in total. The van der Waals surface area contributed by atoms with Crippen LogP contribution in [0, 0.1) is 5.82 Å². The largest absolute Gasteiger partial charge is 0.462 e. The summed E-state index contributed by atoms with van der Waals surface area (Å²) in [7, 11) is -4.30. The number of benzene rings is 2. The van der Waals surface area contributed by atoms with Crippen LogP contribution in [0.25, 0.3) is 0 Å². The van der Waals surface area contributed by atoms with Crippen LogP contribution in [-0.4, -0.2) is 21.0 Å². The number of halogens is 1. The van der Waals surface area contributed by atoms with Crippen molar-refractivity contribution in [2.45, 2.75) is 18.4 Å². The Labute approximate surface area is 139 Å². The summed E-state index contributed by atoms with van der Waals surface area (Å²) in [6.45, 7) is 2.03. The fraction of sp³-hybridized carbons (Fsp3) is 0.188. The summed E-state index contributed by atoms with van der Waals surface area (Å²) >= 11 is 0.